The van der Waals surface area contributed by atoms with Gasteiger partial charge in [0.15, 0.2) is 0 Å². The van der Waals surface area contributed by atoms with Crippen LogP contribution in [0.25, 0.3) is 21.8 Å². The number of anilines is 1. The first-order chi connectivity index (χ1) is 13.4. The Labute approximate surface area is 167 Å². The molecular weight excluding hydrogens is 422 g/mol. The summed E-state index contributed by atoms with van der Waals surface area (Å²) in [4.78, 5) is 39.9. The van der Waals surface area contributed by atoms with Crippen LogP contribution in [0, 0.1) is 0 Å². The molecule has 2 heterocycles. The molecule has 0 spiro atoms. The second kappa shape index (κ2) is 5.65. The van der Waals surface area contributed by atoms with Crippen LogP contribution in [0.3, 0.4) is 0 Å². The zero-order chi connectivity index (χ0) is 19.7. The summed E-state index contributed by atoms with van der Waals surface area (Å²) in [7, 11) is 3.36. The lowest BCUT2D eigenvalue weighted by atomic mass is 9.93. The number of rotatable bonds is 1. The highest BCUT2D eigenvalue weighted by molar-refractivity contribution is 9.10. The van der Waals surface area contributed by atoms with E-state index < -0.39 is 0 Å². The van der Waals surface area contributed by atoms with Crippen molar-refractivity contribution in [2.45, 2.75) is 0 Å². The van der Waals surface area contributed by atoms with Gasteiger partial charge >= 0.3 is 5.69 Å². The van der Waals surface area contributed by atoms with Crippen molar-refractivity contribution in [3.05, 3.63) is 74.6 Å². The van der Waals surface area contributed by atoms with Crippen molar-refractivity contribution in [2.24, 2.45) is 14.1 Å². The largest absolute Gasteiger partial charge is 0.328 e. The second-order valence-corrected chi connectivity index (χ2v) is 7.70. The van der Waals surface area contributed by atoms with Gasteiger partial charge in [-0.3, -0.25) is 18.7 Å². The van der Waals surface area contributed by atoms with Crippen LogP contribution in [0.4, 0.5) is 5.69 Å². The average molecular weight is 436 g/mol. The van der Waals surface area contributed by atoms with E-state index in [9.17, 15) is 14.4 Å². The molecule has 2 amide bonds. The van der Waals surface area contributed by atoms with Gasteiger partial charge in [0.2, 0.25) is 0 Å². The van der Waals surface area contributed by atoms with E-state index in [1.165, 1.54) is 14.0 Å². The Bertz CT molecular complexity index is 1390. The SMILES string of the molecule is Cn1c(=O)n(C)c2cc(N3C(=O)c4cccc5c(Br)ccc(c45)C3=O)ccc21. The van der Waals surface area contributed by atoms with Gasteiger partial charge in [0.05, 0.1) is 16.7 Å². The smallest absolute Gasteiger partial charge is 0.295 e. The lowest BCUT2D eigenvalue weighted by Gasteiger charge is -2.27. The molecule has 0 bridgehead atoms. The fraction of sp³-hybridized carbons (Fsp3) is 0.0952. The molecule has 4 aromatic rings. The Balaban J connectivity index is 1.76. The molecule has 138 valence electrons. The van der Waals surface area contributed by atoms with Gasteiger partial charge in [-0.1, -0.05) is 28.1 Å². The summed E-state index contributed by atoms with van der Waals surface area (Å²) in [6.45, 7) is 0. The van der Waals surface area contributed by atoms with Gasteiger partial charge in [0.1, 0.15) is 0 Å². The average Bonchev–Trinajstić information content (AvgIpc) is 2.91. The number of aryl methyl sites for hydroxylation is 2. The molecule has 28 heavy (non-hydrogen) atoms. The third-order valence-electron chi connectivity index (χ3n) is 5.37. The maximum Gasteiger partial charge on any atom is 0.328 e. The molecule has 0 unspecified atom stereocenters. The van der Waals surface area contributed by atoms with Crippen LogP contribution in [0.5, 0.6) is 0 Å². The second-order valence-electron chi connectivity index (χ2n) is 6.84. The van der Waals surface area contributed by atoms with E-state index in [-0.39, 0.29) is 17.5 Å². The minimum Gasteiger partial charge on any atom is -0.295 e. The molecule has 0 saturated carbocycles. The van der Waals surface area contributed by atoms with E-state index in [2.05, 4.69) is 15.9 Å². The third kappa shape index (κ3) is 2.05. The lowest BCUT2D eigenvalue weighted by molar-refractivity contribution is 0.0893. The van der Waals surface area contributed by atoms with Crippen LogP contribution in [-0.4, -0.2) is 20.9 Å². The molecule has 1 aliphatic rings. The van der Waals surface area contributed by atoms with Crippen molar-refractivity contribution >= 4 is 55.2 Å². The number of carbonyl (C=O) groups excluding carboxylic acids is 2. The van der Waals surface area contributed by atoms with Gasteiger partial charge in [-0.05, 0) is 41.8 Å². The molecule has 0 fully saturated rings. The molecule has 1 aromatic heterocycles. The molecule has 6 nitrogen and oxygen atoms in total. The Morgan fingerprint density at radius 1 is 0.786 bits per heavy atom. The monoisotopic (exact) mass is 435 g/mol. The maximum atomic E-state index is 13.2. The number of hydrogen-bond acceptors (Lipinski definition) is 3. The first kappa shape index (κ1) is 16.9. The van der Waals surface area contributed by atoms with Crippen LogP contribution in [0.2, 0.25) is 0 Å². The molecule has 3 aromatic carbocycles. The predicted molar refractivity (Wildman–Crippen MR) is 111 cm³/mol. The molecule has 5 rings (SSSR count). The van der Waals surface area contributed by atoms with E-state index >= 15 is 0 Å². The Morgan fingerprint density at radius 2 is 1.46 bits per heavy atom. The zero-order valence-electron chi connectivity index (χ0n) is 15.1. The van der Waals surface area contributed by atoms with Crippen LogP contribution >= 0.6 is 15.9 Å². The van der Waals surface area contributed by atoms with Crippen LogP contribution < -0.4 is 10.6 Å². The number of nitrogens with zero attached hydrogens (tertiary/aromatic N) is 3. The van der Waals surface area contributed by atoms with Gasteiger partial charge in [-0.2, -0.15) is 0 Å². The van der Waals surface area contributed by atoms with Gasteiger partial charge < -0.3 is 0 Å². The summed E-state index contributed by atoms with van der Waals surface area (Å²) in [6.07, 6.45) is 0. The maximum absolute atomic E-state index is 13.2. The standard InChI is InChI=1S/C21H14BrN3O3/c1-23-16-9-6-11(10-17(16)24(2)21(23)28)25-19(26)13-5-3-4-12-15(22)8-7-14(18(12)13)20(25)27/h3-10H,1-2H3. The highest BCUT2D eigenvalue weighted by Crippen LogP contribution is 2.36. The van der Waals surface area contributed by atoms with Crippen LogP contribution in [-0.2, 0) is 14.1 Å². The minimum absolute atomic E-state index is 0.164. The molecule has 0 atom stereocenters. The number of carbonyl (C=O) groups is 2. The zero-order valence-corrected chi connectivity index (χ0v) is 16.6. The Morgan fingerprint density at radius 3 is 2.21 bits per heavy atom. The Kier molecular flexibility index (Phi) is 3.42. The van der Waals surface area contributed by atoms with Crippen molar-refractivity contribution in [1.29, 1.82) is 0 Å². The minimum atomic E-state index is -0.374. The molecular formula is C21H14BrN3O3. The molecule has 7 heteroatoms. The Hall–Kier alpha value is -3.19. The first-order valence-electron chi connectivity index (χ1n) is 8.65. The molecule has 0 saturated heterocycles. The fourth-order valence-electron chi connectivity index (χ4n) is 3.93. The van der Waals surface area contributed by atoms with Crippen molar-refractivity contribution in [3.8, 4) is 0 Å². The highest BCUT2D eigenvalue weighted by Gasteiger charge is 2.34. The predicted octanol–water partition coefficient (Wildman–Crippen LogP) is 3.59. The fourth-order valence-corrected chi connectivity index (χ4v) is 4.39. The topological polar surface area (TPSA) is 64.3 Å². The summed E-state index contributed by atoms with van der Waals surface area (Å²) in [5.74, 6) is -0.747. The third-order valence-corrected chi connectivity index (χ3v) is 6.06. The van der Waals surface area contributed by atoms with Gasteiger partial charge in [-0.25, -0.2) is 9.69 Å². The number of halogens is 1. The summed E-state index contributed by atoms with van der Waals surface area (Å²) in [6, 6.07) is 14.1. The van der Waals surface area contributed by atoms with E-state index in [4.69, 9.17) is 0 Å². The summed E-state index contributed by atoms with van der Waals surface area (Å²) < 4.78 is 3.87. The first-order valence-corrected chi connectivity index (χ1v) is 9.45. The van der Waals surface area contributed by atoms with Crippen molar-refractivity contribution in [1.82, 2.24) is 9.13 Å². The van der Waals surface area contributed by atoms with Crippen LogP contribution in [0.1, 0.15) is 20.7 Å². The quantitative estimate of drug-likeness (QED) is 0.429. The number of imidazole rings is 1. The molecule has 0 aliphatic carbocycles. The van der Waals surface area contributed by atoms with E-state index in [0.29, 0.717) is 27.7 Å². The molecule has 0 radical (unpaired) electrons. The summed E-state index contributed by atoms with van der Waals surface area (Å²) in [5, 5.41) is 1.49. The number of amides is 2. The van der Waals surface area contributed by atoms with Crippen LogP contribution in [0.15, 0.2) is 57.8 Å². The van der Waals surface area contributed by atoms with E-state index in [1.54, 1.807) is 44.4 Å². The van der Waals surface area contributed by atoms with Gasteiger partial charge in [0, 0.05) is 35.1 Å². The van der Waals surface area contributed by atoms with Crippen molar-refractivity contribution < 1.29 is 9.59 Å². The van der Waals surface area contributed by atoms with Gasteiger partial charge in [-0.15, -0.1) is 0 Å². The number of imide groups is 1. The van der Waals surface area contributed by atoms with Crippen molar-refractivity contribution in [3.63, 3.8) is 0 Å². The van der Waals surface area contributed by atoms with E-state index in [1.807, 2.05) is 18.2 Å². The molecule has 1 aliphatic heterocycles. The number of benzene rings is 3. The summed E-state index contributed by atoms with van der Waals surface area (Å²) in [5.41, 5.74) is 2.63. The number of hydrogen-bond donors (Lipinski definition) is 0. The van der Waals surface area contributed by atoms with Crippen molar-refractivity contribution in [2.75, 3.05) is 4.90 Å². The number of aromatic nitrogens is 2. The molecule has 0 N–H and O–H groups in total. The normalized spacial score (nSPS) is 13.8. The van der Waals surface area contributed by atoms with Gasteiger partial charge in [0.25, 0.3) is 11.8 Å². The highest BCUT2D eigenvalue weighted by atomic mass is 79.9. The van der Waals surface area contributed by atoms with E-state index in [0.717, 1.165) is 15.4 Å². The summed E-state index contributed by atoms with van der Waals surface area (Å²) >= 11 is 3.49. The number of fused-ring (bicyclic) bond motifs is 1. The lowest BCUT2D eigenvalue weighted by Crippen LogP contribution is -2.40.